The molecule has 1 fully saturated rings. The average Bonchev–Trinajstić information content (AvgIpc) is 2.96. The molecule has 2 aliphatic rings. The summed E-state index contributed by atoms with van der Waals surface area (Å²) in [5.74, 6) is 0.163. The normalized spacial score (nSPS) is 24.4. The quantitative estimate of drug-likeness (QED) is 0.884. The minimum absolute atomic E-state index is 0.0203. The molecule has 0 saturated carbocycles. The third kappa shape index (κ3) is 3.51. The summed E-state index contributed by atoms with van der Waals surface area (Å²) in [5.41, 5.74) is -0.262. The van der Waals surface area contributed by atoms with Crippen molar-refractivity contribution in [3.63, 3.8) is 0 Å². The van der Waals surface area contributed by atoms with E-state index in [0.717, 1.165) is 6.07 Å². The van der Waals surface area contributed by atoms with Crippen molar-refractivity contribution in [3.8, 4) is 0 Å². The van der Waals surface area contributed by atoms with Crippen LogP contribution in [-0.4, -0.2) is 35.2 Å². The van der Waals surface area contributed by atoms with Gasteiger partial charge in [0.15, 0.2) is 0 Å². The van der Waals surface area contributed by atoms with E-state index in [1.165, 1.54) is 23.1 Å². The number of halogens is 3. The molecule has 2 atom stereocenters. The number of allylic oxidation sites excluding steroid dienone is 1. The summed E-state index contributed by atoms with van der Waals surface area (Å²) in [7, 11) is 0. The molecule has 7 heteroatoms. The van der Waals surface area contributed by atoms with Crippen molar-refractivity contribution < 1.29 is 27.8 Å². The summed E-state index contributed by atoms with van der Waals surface area (Å²) in [6, 6.07) is 4.43. The zero-order valence-corrected chi connectivity index (χ0v) is 13.8. The van der Waals surface area contributed by atoms with Crippen LogP contribution in [0, 0.1) is 0 Å². The molecule has 0 bridgehead atoms. The Bertz CT molecular complexity index is 699. The summed E-state index contributed by atoms with van der Waals surface area (Å²) in [6.45, 7) is 2.25. The number of hydrogen-bond donors (Lipinski definition) is 1. The Labute approximate surface area is 143 Å². The Kier molecular flexibility index (Phi) is 4.77. The van der Waals surface area contributed by atoms with Crippen LogP contribution in [0.4, 0.5) is 13.2 Å². The number of carbonyl (C=O) groups excluding carboxylic acids is 1. The zero-order valence-electron chi connectivity index (χ0n) is 13.8. The summed E-state index contributed by atoms with van der Waals surface area (Å²) in [6.07, 6.45) is -4.04. The minimum atomic E-state index is -4.51. The van der Waals surface area contributed by atoms with Crippen LogP contribution in [-0.2, 0) is 15.7 Å². The molecular weight excluding hydrogens is 335 g/mol. The predicted molar refractivity (Wildman–Crippen MR) is 84.4 cm³/mol. The van der Waals surface area contributed by atoms with Crippen LogP contribution in [0.3, 0.4) is 0 Å². The van der Waals surface area contributed by atoms with Gasteiger partial charge in [0.2, 0.25) is 0 Å². The molecule has 0 unspecified atom stereocenters. The highest BCUT2D eigenvalue weighted by Gasteiger charge is 2.42. The van der Waals surface area contributed by atoms with E-state index < -0.39 is 23.9 Å². The van der Waals surface area contributed by atoms with Gasteiger partial charge in [-0.1, -0.05) is 18.2 Å². The number of nitrogens with zero attached hydrogens (tertiary/aromatic N) is 1. The lowest BCUT2D eigenvalue weighted by Crippen LogP contribution is -2.35. The molecule has 1 N–H and O–H groups in total. The van der Waals surface area contributed by atoms with Gasteiger partial charge in [-0.2, -0.15) is 13.2 Å². The third-order valence-electron chi connectivity index (χ3n) is 4.74. The molecule has 2 aliphatic heterocycles. The van der Waals surface area contributed by atoms with Crippen molar-refractivity contribution >= 4 is 5.91 Å². The number of alkyl halides is 3. The first-order chi connectivity index (χ1) is 11.8. The van der Waals surface area contributed by atoms with E-state index in [9.17, 15) is 23.1 Å². The lowest BCUT2D eigenvalue weighted by Gasteiger charge is -2.29. The lowest BCUT2D eigenvalue weighted by molar-refractivity contribution is -0.140. The molecule has 2 heterocycles. The first kappa shape index (κ1) is 17.8. The van der Waals surface area contributed by atoms with E-state index in [1.54, 1.807) is 6.92 Å². The number of likely N-dealkylation sites (tertiary alicyclic amines) is 1. The second kappa shape index (κ2) is 6.71. The van der Waals surface area contributed by atoms with Gasteiger partial charge in [0.1, 0.15) is 5.76 Å². The van der Waals surface area contributed by atoms with Crippen molar-refractivity contribution in [2.45, 2.75) is 44.5 Å². The van der Waals surface area contributed by atoms with Gasteiger partial charge in [-0.15, -0.1) is 0 Å². The molecule has 136 valence electrons. The molecule has 0 radical (unpaired) electrons. The standard InChI is InChI=1S/C18H20F3NO3/c1-11-13(6-4-8-25-11)17(24)22-10-12(23)9-16(22)14-5-2-3-7-15(14)18(19,20)21/h2-3,5,7,12,16,23H,4,6,8-10H2,1H3/t12-,16-/m1/s1. The number of amides is 1. The van der Waals surface area contributed by atoms with Gasteiger partial charge in [0.05, 0.1) is 29.9 Å². The SMILES string of the molecule is CC1=C(C(=O)N2C[C@H](O)C[C@@H]2c2ccccc2C(F)(F)F)CCCO1. The van der Waals surface area contributed by atoms with Crippen LogP contribution in [0.25, 0.3) is 0 Å². The van der Waals surface area contributed by atoms with Crippen molar-refractivity contribution in [2.75, 3.05) is 13.2 Å². The van der Waals surface area contributed by atoms with Crippen LogP contribution in [0.5, 0.6) is 0 Å². The Morgan fingerprint density at radius 2 is 2.04 bits per heavy atom. The largest absolute Gasteiger partial charge is 0.498 e. The Morgan fingerprint density at radius 1 is 1.32 bits per heavy atom. The van der Waals surface area contributed by atoms with E-state index >= 15 is 0 Å². The molecule has 1 amide bonds. The van der Waals surface area contributed by atoms with Crippen LogP contribution in [0.1, 0.15) is 43.4 Å². The van der Waals surface area contributed by atoms with Gasteiger partial charge in [-0.05, 0) is 37.8 Å². The summed E-state index contributed by atoms with van der Waals surface area (Å²) in [4.78, 5) is 14.2. The maximum Gasteiger partial charge on any atom is 0.416 e. The topological polar surface area (TPSA) is 49.8 Å². The monoisotopic (exact) mass is 355 g/mol. The number of rotatable bonds is 2. The molecule has 1 saturated heterocycles. The lowest BCUT2D eigenvalue weighted by atomic mass is 9.96. The molecular formula is C18H20F3NO3. The van der Waals surface area contributed by atoms with Crippen molar-refractivity contribution in [1.29, 1.82) is 0 Å². The van der Waals surface area contributed by atoms with Gasteiger partial charge in [-0.25, -0.2) is 0 Å². The predicted octanol–water partition coefficient (Wildman–Crippen LogP) is 3.42. The number of hydrogen-bond acceptors (Lipinski definition) is 3. The highest BCUT2D eigenvalue weighted by atomic mass is 19.4. The Hall–Kier alpha value is -2.02. The summed E-state index contributed by atoms with van der Waals surface area (Å²) < 4.78 is 45.5. The molecule has 1 aromatic rings. The van der Waals surface area contributed by atoms with Crippen LogP contribution in [0.2, 0.25) is 0 Å². The molecule has 0 spiro atoms. The van der Waals surface area contributed by atoms with Gasteiger partial charge in [-0.3, -0.25) is 4.79 Å². The van der Waals surface area contributed by atoms with Gasteiger partial charge in [0, 0.05) is 6.54 Å². The fourth-order valence-electron chi connectivity index (χ4n) is 3.55. The molecule has 0 aromatic heterocycles. The summed E-state index contributed by atoms with van der Waals surface area (Å²) in [5, 5.41) is 10.0. The number of ether oxygens (including phenoxy) is 1. The first-order valence-corrected chi connectivity index (χ1v) is 8.26. The Balaban J connectivity index is 1.97. The van der Waals surface area contributed by atoms with E-state index in [1.807, 2.05) is 0 Å². The van der Waals surface area contributed by atoms with Crippen LogP contribution in [0.15, 0.2) is 35.6 Å². The van der Waals surface area contributed by atoms with E-state index in [-0.39, 0.29) is 24.4 Å². The second-order valence-electron chi connectivity index (χ2n) is 6.43. The van der Waals surface area contributed by atoms with Crippen molar-refractivity contribution in [1.82, 2.24) is 4.90 Å². The van der Waals surface area contributed by atoms with Gasteiger partial charge >= 0.3 is 6.18 Å². The fourth-order valence-corrected chi connectivity index (χ4v) is 3.55. The molecule has 25 heavy (non-hydrogen) atoms. The number of benzene rings is 1. The third-order valence-corrected chi connectivity index (χ3v) is 4.74. The highest BCUT2D eigenvalue weighted by Crippen LogP contribution is 2.41. The van der Waals surface area contributed by atoms with E-state index in [4.69, 9.17) is 4.74 Å². The molecule has 1 aromatic carbocycles. The average molecular weight is 355 g/mol. The van der Waals surface area contributed by atoms with Crippen molar-refractivity contribution in [2.24, 2.45) is 0 Å². The smallest absolute Gasteiger partial charge is 0.416 e. The second-order valence-corrected chi connectivity index (χ2v) is 6.43. The van der Waals surface area contributed by atoms with Crippen LogP contribution < -0.4 is 0 Å². The first-order valence-electron chi connectivity index (χ1n) is 8.26. The van der Waals surface area contributed by atoms with E-state index in [2.05, 4.69) is 0 Å². The highest BCUT2D eigenvalue weighted by molar-refractivity contribution is 5.94. The number of aliphatic hydroxyl groups is 1. The fraction of sp³-hybridized carbons (Fsp3) is 0.500. The Morgan fingerprint density at radius 3 is 2.72 bits per heavy atom. The summed E-state index contributed by atoms with van der Waals surface area (Å²) >= 11 is 0. The number of β-amino-alcohol motifs (C(OH)–C–C–N with tert-alkyl or cyclic N) is 1. The maximum absolute atomic E-state index is 13.3. The number of carbonyl (C=O) groups is 1. The number of aliphatic hydroxyl groups excluding tert-OH is 1. The maximum atomic E-state index is 13.3. The molecule has 4 nitrogen and oxygen atoms in total. The van der Waals surface area contributed by atoms with Gasteiger partial charge < -0.3 is 14.7 Å². The van der Waals surface area contributed by atoms with Crippen LogP contribution >= 0.6 is 0 Å². The molecule has 3 rings (SSSR count). The minimum Gasteiger partial charge on any atom is -0.498 e. The zero-order chi connectivity index (χ0) is 18.2. The van der Waals surface area contributed by atoms with Gasteiger partial charge in [0.25, 0.3) is 5.91 Å². The van der Waals surface area contributed by atoms with Crippen molar-refractivity contribution in [3.05, 3.63) is 46.7 Å². The van der Waals surface area contributed by atoms with E-state index in [0.29, 0.717) is 30.8 Å². The molecule has 0 aliphatic carbocycles.